The highest BCUT2D eigenvalue weighted by molar-refractivity contribution is 6.30. The molecule has 0 unspecified atom stereocenters. The van der Waals surface area contributed by atoms with Gasteiger partial charge in [-0.2, -0.15) is 0 Å². The Labute approximate surface area is 108 Å². The zero-order valence-electron chi connectivity index (χ0n) is 10.6. The molecule has 3 nitrogen and oxygen atoms in total. The van der Waals surface area contributed by atoms with Crippen molar-refractivity contribution < 1.29 is 9.47 Å². The molecule has 4 heteroatoms. The van der Waals surface area contributed by atoms with Crippen LogP contribution in [0.4, 0.5) is 0 Å². The average Bonchev–Trinajstić information content (AvgIpc) is 2.29. The molecule has 0 amide bonds. The summed E-state index contributed by atoms with van der Waals surface area (Å²) in [5, 5.41) is 4.08. The SMILES string of the molecule is COCCOc1ccc(Cl)cc1CNC(C)C. The third kappa shape index (κ3) is 5.39. The monoisotopic (exact) mass is 257 g/mol. The van der Waals surface area contributed by atoms with Crippen LogP contribution in [-0.4, -0.2) is 26.4 Å². The third-order valence-electron chi connectivity index (χ3n) is 2.27. The van der Waals surface area contributed by atoms with E-state index >= 15 is 0 Å². The van der Waals surface area contributed by atoms with Gasteiger partial charge >= 0.3 is 0 Å². The van der Waals surface area contributed by atoms with E-state index in [2.05, 4.69) is 19.2 Å². The molecule has 0 spiro atoms. The van der Waals surface area contributed by atoms with Gasteiger partial charge in [-0.15, -0.1) is 0 Å². The van der Waals surface area contributed by atoms with Crippen molar-refractivity contribution in [3.63, 3.8) is 0 Å². The molecule has 1 aromatic carbocycles. The summed E-state index contributed by atoms with van der Waals surface area (Å²) in [6, 6.07) is 6.09. The highest BCUT2D eigenvalue weighted by Gasteiger charge is 2.05. The number of hydrogen-bond acceptors (Lipinski definition) is 3. The Hall–Kier alpha value is -0.770. The van der Waals surface area contributed by atoms with Crippen molar-refractivity contribution in [3.05, 3.63) is 28.8 Å². The van der Waals surface area contributed by atoms with Gasteiger partial charge in [0.2, 0.25) is 0 Å². The molecule has 0 aliphatic carbocycles. The van der Waals surface area contributed by atoms with Crippen LogP contribution in [0.25, 0.3) is 0 Å². The largest absolute Gasteiger partial charge is 0.491 e. The number of nitrogens with one attached hydrogen (secondary N) is 1. The minimum atomic E-state index is 0.431. The molecule has 17 heavy (non-hydrogen) atoms. The van der Waals surface area contributed by atoms with Crippen LogP contribution in [0.2, 0.25) is 5.02 Å². The molecule has 0 aromatic heterocycles. The van der Waals surface area contributed by atoms with Crippen molar-refractivity contribution >= 4 is 11.6 Å². The Bertz CT molecular complexity index is 342. The molecular weight excluding hydrogens is 238 g/mol. The fraction of sp³-hybridized carbons (Fsp3) is 0.538. The number of rotatable bonds is 7. The van der Waals surface area contributed by atoms with Crippen LogP contribution in [0.15, 0.2) is 18.2 Å². The summed E-state index contributed by atoms with van der Waals surface area (Å²) in [5.41, 5.74) is 1.07. The van der Waals surface area contributed by atoms with Crippen molar-refractivity contribution in [2.75, 3.05) is 20.3 Å². The zero-order valence-corrected chi connectivity index (χ0v) is 11.4. The highest BCUT2D eigenvalue weighted by Crippen LogP contribution is 2.22. The van der Waals surface area contributed by atoms with Crippen LogP contribution in [0.1, 0.15) is 19.4 Å². The molecule has 96 valence electrons. The van der Waals surface area contributed by atoms with Crippen LogP contribution < -0.4 is 10.1 Å². The molecule has 0 saturated heterocycles. The summed E-state index contributed by atoms with van der Waals surface area (Å²) in [7, 11) is 1.66. The van der Waals surface area contributed by atoms with Gasteiger partial charge in [0.1, 0.15) is 12.4 Å². The fourth-order valence-electron chi connectivity index (χ4n) is 1.38. The van der Waals surface area contributed by atoms with E-state index in [0.29, 0.717) is 19.3 Å². The van der Waals surface area contributed by atoms with Crippen LogP contribution in [0, 0.1) is 0 Å². The number of benzene rings is 1. The van der Waals surface area contributed by atoms with E-state index in [-0.39, 0.29) is 0 Å². The smallest absolute Gasteiger partial charge is 0.124 e. The first-order chi connectivity index (χ1) is 8.13. The Balaban J connectivity index is 2.66. The first-order valence-corrected chi connectivity index (χ1v) is 6.15. The van der Waals surface area contributed by atoms with Gasteiger partial charge in [0, 0.05) is 30.3 Å². The molecule has 0 radical (unpaired) electrons. The quantitative estimate of drug-likeness (QED) is 0.762. The van der Waals surface area contributed by atoms with E-state index in [0.717, 1.165) is 22.9 Å². The molecule has 0 aliphatic heterocycles. The standard InChI is InChI=1S/C13H20ClNO2/c1-10(2)15-9-11-8-12(14)4-5-13(11)17-7-6-16-3/h4-5,8,10,15H,6-7,9H2,1-3H3. The van der Waals surface area contributed by atoms with Crippen molar-refractivity contribution in [1.82, 2.24) is 5.32 Å². The molecule has 1 aromatic rings. The van der Waals surface area contributed by atoms with Gasteiger partial charge in [-0.3, -0.25) is 0 Å². The maximum Gasteiger partial charge on any atom is 0.124 e. The maximum absolute atomic E-state index is 5.99. The van der Waals surface area contributed by atoms with Crippen molar-refractivity contribution in [1.29, 1.82) is 0 Å². The van der Waals surface area contributed by atoms with Gasteiger partial charge in [-0.25, -0.2) is 0 Å². The second-order valence-corrected chi connectivity index (χ2v) is 4.57. The predicted molar refractivity (Wildman–Crippen MR) is 70.8 cm³/mol. The highest BCUT2D eigenvalue weighted by atomic mass is 35.5. The minimum Gasteiger partial charge on any atom is -0.491 e. The van der Waals surface area contributed by atoms with E-state index < -0.39 is 0 Å². The van der Waals surface area contributed by atoms with Crippen molar-refractivity contribution in [2.24, 2.45) is 0 Å². The lowest BCUT2D eigenvalue weighted by molar-refractivity contribution is 0.145. The molecule has 0 bridgehead atoms. The van der Waals surface area contributed by atoms with Crippen LogP contribution in [0.3, 0.4) is 0 Å². The Morgan fingerprint density at radius 1 is 1.29 bits per heavy atom. The molecule has 1 rings (SSSR count). The normalized spacial score (nSPS) is 10.9. The number of methoxy groups -OCH3 is 1. The number of ether oxygens (including phenoxy) is 2. The average molecular weight is 258 g/mol. The Morgan fingerprint density at radius 2 is 2.06 bits per heavy atom. The van der Waals surface area contributed by atoms with Crippen molar-refractivity contribution in [3.8, 4) is 5.75 Å². The van der Waals surface area contributed by atoms with E-state index in [1.54, 1.807) is 7.11 Å². The first-order valence-electron chi connectivity index (χ1n) is 5.77. The molecular formula is C13H20ClNO2. The molecule has 0 atom stereocenters. The number of halogens is 1. The molecule has 0 fully saturated rings. The van der Waals surface area contributed by atoms with E-state index in [4.69, 9.17) is 21.1 Å². The summed E-state index contributed by atoms with van der Waals surface area (Å²) in [4.78, 5) is 0. The molecule has 0 heterocycles. The summed E-state index contributed by atoms with van der Waals surface area (Å²) in [6.07, 6.45) is 0. The molecule has 0 saturated carbocycles. The van der Waals surface area contributed by atoms with E-state index in [9.17, 15) is 0 Å². The fourth-order valence-corrected chi connectivity index (χ4v) is 1.57. The topological polar surface area (TPSA) is 30.5 Å². The van der Waals surface area contributed by atoms with Gasteiger partial charge in [-0.1, -0.05) is 25.4 Å². The lowest BCUT2D eigenvalue weighted by Gasteiger charge is -2.14. The second kappa shape index (κ2) is 7.54. The first kappa shape index (κ1) is 14.3. The van der Waals surface area contributed by atoms with Gasteiger partial charge in [0.25, 0.3) is 0 Å². The van der Waals surface area contributed by atoms with Gasteiger partial charge in [-0.05, 0) is 18.2 Å². The van der Waals surface area contributed by atoms with Gasteiger partial charge in [0.05, 0.1) is 6.61 Å². The molecule has 1 N–H and O–H groups in total. The summed E-state index contributed by atoms with van der Waals surface area (Å²) >= 11 is 5.99. The summed E-state index contributed by atoms with van der Waals surface area (Å²) in [6.45, 7) is 6.10. The van der Waals surface area contributed by atoms with Gasteiger partial charge in [0.15, 0.2) is 0 Å². The zero-order chi connectivity index (χ0) is 12.7. The maximum atomic E-state index is 5.99. The third-order valence-corrected chi connectivity index (χ3v) is 2.50. The predicted octanol–water partition coefficient (Wildman–Crippen LogP) is 2.86. The van der Waals surface area contributed by atoms with E-state index in [1.807, 2.05) is 18.2 Å². The lowest BCUT2D eigenvalue weighted by atomic mass is 10.2. The molecule has 0 aliphatic rings. The minimum absolute atomic E-state index is 0.431. The van der Waals surface area contributed by atoms with Crippen LogP contribution >= 0.6 is 11.6 Å². The van der Waals surface area contributed by atoms with Crippen molar-refractivity contribution in [2.45, 2.75) is 26.4 Å². The summed E-state index contributed by atoms with van der Waals surface area (Å²) < 4.78 is 10.6. The van der Waals surface area contributed by atoms with Crippen LogP contribution in [0.5, 0.6) is 5.75 Å². The van der Waals surface area contributed by atoms with E-state index in [1.165, 1.54) is 0 Å². The Morgan fingerprint density at radius 3 is 2.71 bits per heavy atom. The van der Waals surface area contributed by atoms with Crippen LogP contribution in [-0.2, 0) is 11.3 Å². The summed E-state index contributed by atoms with van der Waals surface area (Å²) in [5.74, 6) is 0.861. The second-order valence-electron chi connectivity index (χ2n) is 4.13. The van der Waals surface area contributed by atoms with Gasteiger partial charge < -0.3 is 14.8 Å². The lowest BCUT2D eigenvalue weighted by Crippen LogP contribution is -2.22. The number of hydrogen-bond donors (Lipinski definition) is 1. The Kier molecular flexibility index (Phi) is 6.34.